The molecule has 13 heteroatoms. The fourth-order valence-corrected chi connectivity index (χ4v) is 9.59. The number of rotatable bonds is 13. The molecule has 54 heavy (non-hydrogen) atoms. The van der Waals surface area contributed by atoms with E-state index in [4.69, 9.17) is 33.2 Å². The van der Waals surface area contributed by atoms with Crippen LogP contribution in [0.15, 0.2) is 11.3 Å². The van der Waals surface area contributed by atoms with Crippen molar-refractivity contribution in [3.05, 3.63) is 11.3 Å². The SMILES string of the molecule is CCCN(CCC)C1CC(C)O[C@@H](O[C@@H]2[C@@H](C)[C@H](O[C@H]3CC(C)(OC)[C@@H](O)C(C)O3)[C@@H](C)C(=O)O[C@@H]([C@](C)(O)[C@H](O)CC)[C@@H](C)C3=C(C)C[C@@]2(C)O3)C1O. The van der Waals surface area contributed by atoms with E-state index in [0.29, 0.717) is 18.6 Å². The third kappa shape index (κ3) is 9.16. The van der Waals surface area contributed by atoms with Crippen molar-refractivity contribution in [1.29, 1.82) is 0 Å². The minimum absolute atomic E-state index is 0.176. The van der Waals surface area contributed by atoms with Gasteiger partial charge in [0.05, 0.1) is 41.9 Å². The molecule has 13 nitrogen and oxygen atoms in total. The van der Waals surface area contributed by atoms with Gasteiger partial charge in [-0.15, -0.1) is 0 Å². The van der Waals surface area contributed by atoms with Gasteiger partial charge in [0.15, 0.2) is 12.6 Å². The molecule has 2 bridgehead atoms. The lowest BCUT2D eigenvalue weighted by Gasteiger charge is -2.49. The summed E-state index contributed by atoms with van der Waals surface area (Å²) >= 11 is 0. The fourth-order valence-electron chi connectivity index (χ4n) is 9.59. The summed E-state index contributed by atoms with van der Waals surface area (Å²) in [6, 6.07) is -0.186. The molecule has 0 aromatic carbocycles. The monoisotopic (exact) mass is 772 g/mol. The first-order chi connectivity index (χ1) is 25.2. The first-order valence-electron chi connectivity index (χ1n) is 20.5. The van der Waals surface area contributed by atoms with Crippen LogP contribution in [0, 0.1) is 17.8 Å². The zero-order valence-electron chi connectivity index (χ0n) is 35.2. The third-order valence-corrected chi connectivity index (χ3v) is 12.8. The normalized spacial score (nSPS) is 44.0. The first-order valence-corrected chi connectivity index (χ1v) is 20.5. The highest BCUT2D eigenvalue weighted by atomic mass is 16.7. The van der Waals surface area contributed by atoms with Crippen LogP contribution >= 0.6 is 0 Å². The van der Waals surface area contributed by atoms with Gasteiger partial charge in [0.1, 0.15) is 41.4 Å². The molecule has 4 aliphatic rings. The van der Waals surface area contributed by atoms with E-state index in [1.807, 2.05) is 34.6 Å². The summed E-state index contributed by atoms with van der Waals surface area (Å²) < 4.78 is 45.4. The van der Waals surface area contributed by atoms with Gasteiger partial charge in [-0.2, -0.15) is 0 Å². The maximum atomic E-state index is 14.4. The highest BCUT2D eigenvalue weighted by Crippen LogP contribution is 2.48. The van der Waals surface area contributed by atoms with Gasteiger partial charge in [-0.1, -0.05) is 34.6 Å². The van der Waals surface area contributed by atoms with Crippen LogP contribution in [-0.4, -0.2) is 136 Å². The van der Waals surface area contributed by atoms with E-state index >= 15 is 0 Å². The van der Waals surface area contributed by atoms with E-state index in [0.717, 1.165) is 31.5 Å². The van der Waals surface area contributed by atoms with Gasteiger partial charge in [0.25, 0.3) is 0 Å². The largest absolute Gasteiger partial charge is 0.488 e. The molecule has 0 aromatic heterocycles. The number of nitrogens with zero attached hydrogens (tertiary/aromatic N) is 1. The van der Waals surface area contributed by atoms with Crippen LogP contribution in [0.2, 0.25) is 0 Å². The Labute approximate surface area is 324 Å². The van der Waals surface area contributed by atoms with E-state index in [1.165, 1.54) is 14.0 Å². The van der Waals surface area contributed by atoms with Crippen molar-refractivity contribution in [1.82, 2.24) is 4.90 Å². The molecular formula is C41H73NO12. The molecule has 0 spiro atoms. The van der Waals surface area contributed by atoms with E-state index in [-0.39, 0.29) is 25.0 Å². The Balaban J connectivity index is 1.83. The van der Waals surface area contributed by atoms with Gasteiger partial charge < -0.3 is 53.6 Å². The smallest absolute Gasteiger partial charge is 0.311 e. The van der Waals surface area contributed by atoms with E-state index in [1.54, 1.807) is 27.7 Å². The van der Waals surface area contributed by atoms with Crippen molar-refractivity contribution in [2.24, 2.45) is 17.8 Å². The number of cyclic esters (lactones) is 1. The summed E-state index contributed by atoms with van der Waals surface area (Å²) in [5.41, 5.74) is -2.95. The molecule has 4 rings (SSSR count). The predicted molar refractivity (Wildman–Crippen MR) is 202 cm³/mol. The molecule has 314 valence electrons. The number of carbonyl (C=O) groups excluding carboxylic acids is 1. The summed E-state index contributed by atoms with van der Waals surface area (Å²) in [5, 5.41) is 45.8. The summed E-state index contributed by atoms with van der Waals surface area (Å²) in [6.45, 7) is 24.1. The van der Waals surface area contributed by atoms with Crippen LogP contribution in [0.1, 0.15) is 122 Å². The Morgan fingerprint density at radius 2 is 1.63 bits per heavy atom. The van der Waals surface area contributed by atoms with Crippen LogP contribution in [0.4, 0.5) is 0 Å². The average Bonchev–Trinajstić information content (AvgIpc) is 3.43. The van der Waals surface area contributed by atoms with Crippen LogP contribution < -0.4 is 0 Å². The Kier molecular flexibility index (Phi) is 15.1. The second-order valence-electron chi connectivity index (χ2n) is 17.4. The predicted octanol–water partition coefficient (Wildman–Crippen LogP) is 4.45. The van der Waals surface area contributed by atoms with Crippen molar-refractivity contribution in [2.75, 3.05) is 20.2 Å². The van der Waals surface area contributed by atoms with E-state index in [2.05, 4.69) is 18.7 Å². The molecule has 0 aromatic rings. The molecule has 3 saturated heterocycles. The number of esters is 1. The third-order valence-electron chi connectivity index (χ3n) is 12.8. The summed E-state index contributed by atoms with van der Waals surface area (Å²) in [4.78, 5) is 16.7. The van der Waals surface area contributed by atoms with Gasteiger partial charge in [0.2, 0.25) is 0 Å². The Hall–Kier alpha value is -1.39. The molecule has 5 unspecified atom stereocenters. The molecule has 17 atom stereocenters. The maximum absolute atomic E-state index is 14.4. The topological polar surface area (TPSA) is 166 Å². The second-order valence-corrected chi connectivity index (χ2v) is 17.4. The zero-order valence-corrected chi connectivity index (χ0v) is 35.2. The minimum atomic E-state index is -1.82. The number of ether oxygens (including phenoxy) is 7. The highest BCUT2D eigenvalue weighted by molar-refractivity contribution is 5.73. The molecule has 4 heterocycles. The number of hydrogen-bond acceptors (Lipinski definition) is 13. The first kappa shape index (κ1) is 45.3. The minimum Gasteiger partial charge on any atom is -0.488 e. The zero-order chi connectivity index (χ0) is 40.5. The molecule has 0 radical (unpaired) electrons. The van der Waals surface area contributed by atoms with Crippen LogP contribution in [0.5, 0.6) is 0 Å². The number of aliphatic hydroxyl groups is 4. The number of hydrogen-bond donors (Lipinski definition) is 4. The molecule has 0 amide bonds. The molecule has 4 aliphatic heterocycles. The van der Waals surface area contributed by atoms with Crippen molar-refractivity contribution in [3.8, 4) is 0 Å². The Morgan fingerprint density at radius 3 is 2.20 bits per heavy atom. The Bertz CT molecular complexity index is 1270. The number of fused-ring (bicyclic) bond motifs is 2. The highest BCUT2D eigenvalue weighted by Gasteiger charge is 2.57. The summed E-state index contributed by atoms with van der Waals surface area (Å²) in [5.74, 6) is -2.25. The van der Waals surface area contributed by atoms with Gasteiger partial charge in [-0.05, 0) is 92.8 Å². The number of methoxy groups -OCH3 is 1. The van der Waals surface area contributed by atoms with Crippen molar-refractivity contribution in [3.63, 3.8) is 0 Å². The van der Waals surface area contributed by atoms with E-state index < -0.39 is 95.8 Å². The molecule has 0 aliphatic carbocycles. The molecular weight excluding hydrogens is 698 g/mol. The van der Waals surface area contributed by atoms with Crippen LogP contribution in [0.3, 0.4) is 0 Å². The Morgan fingerprint density at radius 1 is 1.00 bits per heavy atom. The van der Waals surface area contributed by atoms with Crippen LogP contribution in [0.25, 0.3) is 0 Å². The fraction of sp³-hybridized carbons (Fsp3) is 0.927. The van der Waals surface area contributed by atoms with Gasteiger partial charge >= 0.3 is 5.97 Å². The van der Waals surface area contributed by atoms with Crippen molar-refractivity contribution < 1.29 is 58.4 Å². The van der Waals surface area contributed by atoms with Crippen molar-refractivity contribution >= 4 is 5.97 Å². The second kappa shape index (κ2) is 18.0. The average molecular weight is 772 g/mol. The van der Waals surface area contributed by atoms with E-state index in [9.17, 15) is 25.2 Å². The lowest BCUT2D eigenvalue weighted by atomic mass is 9.78. The summed E-state index contributed by atoms with van der Waals surface area (Å²) in [7, 11) is 1.53. The van der Waals surface area contributed by atoms with Crippen molar-refractivity contribution in [2.45, 2.75) is 206 Å². The standard InChI is InChI=1S/C41H73NO12/c1-14-17-42(18-15-2)28-19-23(5)49-38(31(28)44)53-35-25(7)33(51-30-21-39(10,48-13)34(45)27(9)50-30)26(8)37(46)52-36(41(12,47)29(43)16-3)24(6)32-22(4)20-40(35,11)54-32/h23-31,33-36,38,43-45,47H,14-21H2,1-13H3/t23?,24-,25-,26+,27?,28?,29+,30-,31?,33-,34-,35+,36+,38-,39?,40+,41+/m0/s1. The summed E-state index contributed by atoms with van der Waals surface area (Å²) in [6.07, 6.45) is -5.31. The molecule has 4 N–H and O–H groups in total. The lowest BCUT2D eigenvalue weighted by Crippen LogP contribution is -2.61. The lowest BCUT2D eigenvalue weighted by molar-refractivity contribution is -0.317. The van der Waals surface area contributed by atoms with Gasteiger partial charge in [-0.25, -0.2) is 0 Å². The number of carbonyl (C=O) groups is 1. The van der Waals surface area contributed by atoms with Crippen LogP contribution in [-0.2, 0) is 38.0 Å². The number of aliphatic hydroxyl groups excluding tert-OH is 3. The quantitative estimate of drug-likeness (QED) is 0.194. The maximum Gasteiger partial charge on any atom is 0.311 e. The molecule has 0 saturated carbocycles. The van der Waals surface area contributed by atoms with Gasteiger partial charge in [0, 0.05) is 31.9 Å². The molecule has 3 fully saturated rings. The van der Waals surface area contributed by atoms with Gasteiger partial charge in [-0.3, -0.25) is 9.69 Å².